The second-order valence-corrected chi connectivity index (χ2v) is 8.57. The first-order chi connectivity index (χ1) is 14.6. The van der Waals surface area contributed by atoms with E-state index in [1.54, 1.807) is 57.2 Å². The minimum Gasteiger partial charge on any atom is -0.322 e. The lowest BCUT2D eigenvalue weighted by Crippen LogP contribution is -2.60. The topological polar surface area (TPSA) is 98.8 Å². The highest BCUT2D eigenvalue weighted by atomic mass is 16.2. The number of fused-ring (bicyclic) bond motifs is 1. The second kappa shape index (κ2) is 6.94. The van der Waals surface area contributed by atoms with Crippen molar-refractivity contribution in [2.75, 3.05) is 16.8 Å². The van der Waals surface area contributed by atoms with Gasteiger partial charge in [0.05, 0.1) is 11.4 Å². The third-order valence-electron chi connectivity index (χ3n) is 5.95. The summed E-state index contributed by atoms with van der Waals surface area (Å²) in [6, 6.07) is 13.6. The van der Waals surface area contributed by atoms with Gasteiger partial charge in [-0.25, -0.2) is 4.79 Å². The summed E-state index contributed by atoms with van der Waals surface area (Å²) in [5.74, 6) is -1.38. The zero-order valence-corrected chi connectivity index (χ0v) is 17.9. The van der Waals surface area contributed by atoms with Crippen LogP contribution < -0.4 is 15.5 Å². The summed E-state index contributed by atoms with van der Waals surface area (Å²) >= 11 is 0. The number of benzene rings is 2. The molecule has 2 N–H and O–H groups in total. The Kier molecular flexibility index (Phi) is 4.61. The molecule has 1 fully saturated rings. The number of rotatable bonds is 3. The van der Waals surface area contributed by atoms with Crippen LogP contribution in [0.5, 0.6) is 0 Å². The molecular weight excluding hydrogens is 396 g/mol. The molecule has 0 radical (unpaired) electrons. The van der Waals surface area contributed by atoms with Crippen molar-refractivity contribution in [3.8, 4) is 0 Å². The minimum atomic E-state index is -1.27. The lowest BCUT2D eigenvalue weighted by Gasteiger charge is -2.42. The fourth-order valence-corrected chi connectivity index (χ4v) is 4.03. The maximum Gasteiger partial charge on any atom is 0.325 e. The van der Waals surface area contributed by atoms with Crippen molar-refractivity contribution in [3.05, 3.63) is 59.7 Å². The smallest absolute Gasteiger partial charge is 0.322 e. The van der Waals surface area contributed by atoms with Gasteiger partial charge in [-0.3, -0.25) is 24.2 Å². The molecule has 8 nitrogen and oxygen atoms in total. The predicted octanol–water partition coefficient (Wildman–Crippen LogP) is 2.53. The van der Waals surface area contributed by atoms with E-state index in [1.807, 2.05) is 19.1 Å². The first-order valence-corrected chi connectivity index (χ1v) is 10.0. The molecule has 0 spiro atoms. The van der Waals surface area contributed by atoms with Crippen molar-refractivity contribution >= 4 is 35.1 Å². The Balaban J connectivity index is 1.64. The van der Waals surface area contributed by atoms with Crippen molar-refractivity contribution in [3.63, 3.8) is 0 Å². The van der Waals surface area contributed by atoms with Gasteiger partial charge in [0.2, 0.25) is 11.8 Å². The molecule has 0 bridgehead atoms. The number of imide groups is 1. The summed E-state index contributed by atoms with van der Waals surface area (Å²) in [6.07, 6.45) is 0. The Labute approximate surface area is 180 Å². The quantitative estimate of drug-likeness (QED) is 0.746. The van der Waals surface area contributed by atoms with Crippen molar-refractivity contribution in [2.24, 2.45) is 0 Å². The molecule has 160 valence electrons. The normalized spacial score (nSPS) is 22.1. The van der Waals surface area contributed by atoms with E-state index < -0.39 is 35.5 Å². The molecule has 0 aromatic heterocycles. The van der Waals surface area contributed by atoms with Crippen LogP contribution in [0, 0.1) is 6.92 Å². The molecule has 5 amide bonds. The number of urea groups is 1. The van der Waals surface area contributed by atoms with E-state index in [4.69, 9.17) is 0 Å². The molecule has 1 saturated heterocycles. The Bertz CT molecular complexity index is 1110. The number of carbonyl (C=O) groups is 4. The third-order valence-corrected chi connectivity index (χ3v) is 5.95. The number of aryl methyl sites for hydroxylation is 1. The van der Waals surface area contributed by atoms with Crippen LogP contribution in [-0.4, -0.2) is 40.7 Å². The Morgan fingerprint density at radius 2 is 1.61 bits per heavy atom. The van der Waals surface area contributed by atoms with Gasteiger partial charge in [0.25, 0.3) is 5.91 Å². The van der Waals surface area contributed by atoms with E-state index in [2.05, 4.69) is 10.6 Å². The number of anilines is 2. The second-order valence-electron chi connectivity index (χ2n) is 8.57. The summed E-state index contributed by atoms with van der Waals surface area (Å²) in [5, 5.41) is 5.50. The van der Waals surface area contributed by atoms with Gasteiger partial charge >= 0.3 is 6.03 Å². The first kappa shape index (κ1) is 20.6. The van der Waals surface area contributed by atoms with Crippen LogP contribution in [0.3, 0.4) is 0 Å². The highest BCUT2D eigenvalue weighted by Crippen LogP contribution is 2.37. The zero-order valence-electron chi connectivity index (χ0n) is 17.9. The highest BCUT2D eigenvalue weighted by molar-refractivity contribution is 6.16. The summed E-state index contributed by atoms with van der Waals surface area (Å²) in [7, 11) is 0. The molecule has 2 heterocycles. The van der Waals surface area contributed by atoms with Crippen LogP contribution in [0.15, 0.2) is 48.5 Å². The number of amides is 5. The largest absolute Gasteiger partial charge is 0.325 e. The molecule has 0 unspecified atom stereocenters. The van der Waals surface area contributed by atoms with Crippen LogP contribution in [0.25, 0.3) is 0 Å². The van der Waals surface area contributed by atoms with Gasteiger partial charge < -0.3 is 10.6 Å². The van der Waals surface area contributed by atoms with Crippen LogP contribution >= 0.6 is 0 Å². The monoisotopic (exact) mass is 420 g/mol. The number of carbonyl (C=O) groups excluding carboxylic acids is 4. The van der Waals surface area contributed by atoms with Crippen molar-refractivity contribution in [1.82, 2.24) is 10.2 Å². The summed E-state index contributed by atoms with van der Waals surface area (Å²) in [4.78, 5) is 54.1. The molecule has 0 saturated carbocycles. The first-order valence-electron chi connectivity index (χ1n) is 10.0. The minimum absolute atomic E-state index is 0.346. The maximum absolute atomic E-state index is 13.3. The van der Waals surface area contributed by atoms with Crippen molar-refractivity contribution < 1.29 is 19.2 Å². The van der Waals surface area contributed by atoms with Crippen molar-refractivity contribution in [2.45, 2.75) is 38.8 Å². The third kappa shape index (κ3) is 3.15. The van der Waals surface area contributed by atoms with Crippen molar-refractivity contribution in [1.29, 1.82) is 0 Å². The standard InChI is InChI=1S/C23H24N4O4/c1-14-9-11-15(12-10-14)23(4)20(30)26(21(31)25-23)13-18(28)27-17-8-6-5-7-16(17)24-19(29)22(27,2)3/h5-12H,13H2,1-4H3,(H,24,29)(H,25,31)/t23-/m1/s1. The van der Waals surface area contributed by atoms with Gasteiger partial charge in [0.15, 0.2) is 0 Å². The maximum atomic E-state index is 13.3. The fourth-order valence-electron chi connectivity index (χ4n) is 4.03. The van der Waals surface area contributed by atoms with E-state index >= 15 is 0 Å². The van der Waals surface area contributed by atoms with Gasteiger partial charge in [-0.05, 0) is 45.4 Å². The number of nitrogens with zero attached hydrogens (tertiary/aromatic N) is 2. The Morgan fingerprint density at radius 1 is 0.968 bits per heavy atom. The van der Waals surface area contributed by atoms with E-state index in [-0.39, 0.29) is 5.91 Å². The molecule has 31 heavy (non-hydrogen) atoms. The average molecular weight is 420 g/mol. The number of para-hydroxylation sites is 2. The van der Waals surface area contributed by atoms with Gasteiger partial charge in [-0.1, -0.05) is 42.0 Å². The molecule has 4 rings (SSSR count). The lowest BCUT2D eigenvalue weighted by molar-refractivity contribution is -0.134. The number of hydrogen-bond acceptors (Lipinski definition) is 4. The van der Waals surface area contributed by atoms with E-state index in [0.29, 0.717) is 16.9 Å². The molecule has 2 aliphatic heterocycles. The van der Waals surface area contributed by atoms with E-state index in [9.17, 15) is 19.2 Å². The number of nitrogens with one attached hydrogen (secondary N) is 2. The van der Waals surface area contributed by atoms with Gasteiger partial charge in [-0.2, -0.15) is 0 Å². The summed E-state index contributed by atoms with van der Waals surface area (Å²) in [6.45, 7) is 6.32. The molecule has 8 heteroatoms. The molecular formula is C23H24N4O4. The fraction of sp³-hybridized carbons (Fsp3) is 0.304. The van der Waals surface area contributed by atoms with Crippen LogP contribution in [-0.2, 0) is 19.9 Å². The summed E-state index contributed by atoms with van der Waals surface area (Å²) in [5.41, 5.74) is 0.227. The summed E-state index contributed by atoms with van der Waals surface area (Å²) < 4.78 is 0. The van der Waals surface area contributed by atoms with Gasteiger partial charge in [0.1, 0.15) is 17.6 Å². The SMILES string of the molecule is Cc1ccc([C@@]2(C)NC(=O)N(CC(=O)N3c4ccccc4NC(=O)C3(C)C)C2=O)cc1. The average Bonchev–Trinajstić information content (AvgIpc) is 2.93. The Hall–Kier alpha value is -3.68. The van der Waals surface area contributed by atoms with Crippen LogP contribution in [0.4, 0.5) is 16.2 Å². The molecule has 2 aliphatic rings. The predicted molar refractivity (Wildman–Crippen MR) is 115 cm³/mol. The molecule has 1 atom stereocenters. The lowest BCUT2D eigenvalue weighted by atomic mass is 9.91. The van der Waals surface area contributed by atoms with E-state index in [0.717, 1.165) is 10.5 Å². The highest BCUT2D eigenvalue weighted by Gasteiger charge is 2.51. The molecule has 2 aromatic carbocycles. The van der Waals surface area contributed by atoms with E-state index in [1.165, 1.54) is 4.90 Å². The zero-order chi connectivity index (χ0) is 22.6. The molecule has 0 aliphatic carbocycles. The van der Waals surface area contributed by atoms with Crippen LogP contribution in [0.1, 0.15) is 31.9 Å². The van der Waals surface area contributed by atoms with Gasteiger partial charge in [0, 0.05) is 0 Å². The molecule has 2 aromatic rings. The van der Waals surface area contributed by atoms with Crippen LogP contribution in [0.2, 0.25) is 0 Å². The van der Waals surface area contributed by atoms with Gasteiger partial charge in [-0.15, -0.1) is 0 Å². The number of hydrogen-bond donors (Lipinski definition) is 2. The Morgan fingerprint density at radius 3 is 2.29 bits per heavy atom.